The van der Waals surface area contributed by atoms with Crippen molar-refractivity contribution in [3.63, 3.8) is 0 Å². The molecule has 1 N–H and O–H groups in total. The summed E-state index contributed by atoms with van der Waals surface area (Å²) in [6.07, 6.45) is 2.92. The van der Waals surface area contributed by atoms with Gasteiger partial charge >= 0.3 is 6.03 Å². The summed E-state index contributed by atoms with van der Waals surface area (Å²) in [6, 6.07) is 14.7. The van der Waals surface area contributed by atoms with Crippen LogP contribution in [0.4, 0.5) is 16.2 Å². The molecule has 2 aromatic heterocycles. The maximum absolute atomic E-state index is 13.3. The first-order chi connectivity index (χ1) is 18.3. The van der Waals surface area contributed by atoms with Crippen LogP contribution in [0.2, 0.25) is 5.15 Å². The van der Waals surface area contributed by atoms with Crippen LogP contribution in [-0.2, 0) is 6.54 Å². The fourth-order valence-corrected chi connectivity index (χ4v) is 4.73. The average Bonchev–Trinajstić information content (AvgIpc) is 3.37. The summed E-state index contributed by atoms with van der Waals surface area (Å²) in [4.78, 5) is 40.8. The lowest BCUT2D eigenvalue weighted by atomic mass is 10.1. The van der Waals surface area contributed by atoms with E-state index in [4.69, 9.17) is 11.6 Å². The number of halogens is 1. The molecule has 0 aliphatic carbocycles. The number of hydrogen-bond acceptors (Lipinski definition) is 6. The fourth-order valence-electron chi connectivity index (χ4n) is 4.54. The van der Waals surface area contributed by atoms with Crippen LogP contribution in [0, 0.1) is 6.92 Å². The van der Waals surface area contributed by atoms with E-state index in [1.165, 1.54) is 16.5 Å². The first-order valence-electron chi connectivity index (χ1n) is 12.5. The van der Waals surface area contributed by atoms with Gasteiger partial charge in [-0.2, -0.15) is 0 Å². The van der Waals surface area contributed by atoms with E-state index in [-0.39, 0.29) is 17.1 Å². The summed E-state index contributed by atoms with van der Waals surface area (Å²) in [5.41, 5.74) is 4.34. The van der Waals surface area contributed by atoms with E-state index >= 15 is 0 Å². The second kappa shape index (κ2) is 10.9. The lowest BCUT2D eigenvalue weighted by molar-refractivity contribution is 0.0993. The van der Waals surface area contributed by atoms with Crippen molar-refractivity contribution in [3.05, 3.63) is 82.9 Å². The van der Waals surface area contributed by atoms with Gasteiger partial charge in [0.2, 0.25) is 0 Å². The highest BCUT2D eigenvalue weighted by molar-refractivity contribution is 6.34. The van der Waals surface area contributed by atoms with Crippen molar-refractivity contribution in [1.29, 1.82) is 0 Å². The van der Waals surface area contributed by atoms with Crippen molar-refractivity contribution in [2.75, 3.05) is 50.5 Å². The van der Waals surface area contributed by atoms with Crippen LogP contribution in [-0.4, -0.2) is 76.5 Å². The van der Waals surface area contributed by atoms with E-state index in [1.54, 1.807) is 30.3 Å². The number of rotatable bonds is 5. The molecular formula is C28H30ClN7O2. The molecule has 4 aromatic rings. The molecule has 2 aromatic carbocycles. The quantitative estimate of drug-likeness (QED) is 0.382. The smallest absolute Gasteiger partial charge is 0.311 e. The molecule has 0 spiro atoms. The van der Waals surface area contributed by atoms with Gasteiger partial charge in [0.15, 0.2) is 5.65 Å². The molecule has 196 valence electrons. The molecule has 38 heavy (non-hydrogen) atoms. The zero-order valence-electron chi connectivity index (χ0n) is 21.7. The van der Waals surface area contributed by atoms with Crippen LogP contribution in [0.15, 0.2) is 61.1 Å². The number of likely N-dealkylation sites (N-methyl/N-ethyl adjacent to an activating group) is 1. The minimum Gasteiger partial charge on any atom is -0.311 e. The van der Waals surface area contributed by atoms with E-state index in [2.05, 4.69) is 32.1 Å². The Morgan fingerprint density at radius 2 is 1.76 bits per heavy atom. The van der Waals surface area contributed by atoms with Gasteiger partial charge in [-0.05, 0) is 55.4 Å². The Morgan fingerprint density at radius 1 is 1.03 bits per heavy atom. The third kappa shape index (κ3) is 5.40. The van der Waals surface area contributed by atoms with Gasteiger partial charge in [-0.15, -0.1) is 0 Å². The number of carbonyl (C=O) groups excluding carboxylic acids is 2. The zero-order chi connectivity index (χ0) is 26.8. The molecule has 0 radical (unpaired) electrons. The predicted octanol–water partition coefficient (Wildman–Crippen LogP) is 4.50. The van der Waals surface area contributed by atoms with E-state index in [0.717, 1.165) is 38.3 Å². The van der Waals surface area contributed by atoms with Gasteiger partial charge in [-0.1, -0.05) is 29.8 Å². The number of nitrogens with zero attached hydrogens (tertiary/aromatic N) is 6. The van der Waals surface area contributed by atoms with Crippen LogP contribution in [0.5, 0.6) is 0 Å². The molecule has 1 aliphatic rings. The Bertz CT molecular complexity index is 1480. The second-order valence-electron chi connectivity index (χ2n) is 9.66. The third-order valence-corrected chi connectivity index (χ3v) is 7.31. The summed E-state index contributed by atoms with van der Waals surface area (Å²) in [7, 11) is 3.88. The molecule has 0 unspecified atom stereocenters. The van der Waals surface area contributed by atoms with Gasteiger partial charge < -0.3 is 15.1 Å². The normalized spacial score (nSPS) is 14.5. The molecule has 5 rings (SSSR count). The first-order valence-corrected chi connectivity index (χ1v) is 12.9. The number of piperazine rings is 1. The number of nitrogens with one attached hydrogen (secondary N) is 1. The van der Waals surface area contributed by atoms with E-state index in [0.29, 0.717) is 28.0 Å². The molecule has 0 saturated carbocycles. The number of aryl methyl sites for hydroxylation is 1. The number of amides is 2. The van der Waals surface area contributed by atoms with Crippen molar-refractivity contribution in [2.24, 2.45) is 0 Å². The van der Waals surface area contributed by atoms with Crippen LogP contribution in [0.3, 0.4) is 0 Å². The number of benzene rings is 2. The summed E-state index contributed by atoms with van der Waals surface area (Å²) in [5.74, 6) is -0.125. The van der Waals surface area contributed by atoms with Crippen molar-refractivity contribution >= 4 is 45.9 Å². The maximum Gasteiger partial charge on any atom is 0.331 e. The van der Waals surface area contributed by atoms with Gasteiger partial charge in [0.1, 0.15) is 11.5 Å². The second-order valence-corrected chi connectivity index (χ2v) is 10.0. The first kappa shape index (κ1) is 25.8. The van der Waals surface area contributed by atoms with Crippen molar-refractivity contribution < 1.29 is 9.59 Å². The summed E-state index contributed by atoms with van der Waals surface area (Å²) in [5, 5.41) is 3.80. The van der Waals surface area contributed by atoms with Gasteiger partial charge in [-0.3, -0.25) is 14.3 Å². The van der Waals surface area contributed by atoms with Crippen molar-refractivity contribution in [1.82, 2.24) is 24.3 Å². The molecule has 1 saturated heterocycles. The standard InChI is InChI=1S/C28H30ClN7O2/c1-19-4-9-22(16-24(19)32-28(38)36-11-10-23-25(29)30-18-31-26(23)36)34(3)27(37)21-7-5-20(6-8-21)17-35-14-12-33(2)13-15-35/h4-11,16,18H,12-15,17H2,1-3H3,(H,32,38). The predicted molar refractivity (Wildman–Crippen MR) is 150 cm³/mol. The Morgan fingerprint density at radius 3 is 2.50 bits per heavy atom. The molecular weight excluding hydrogens is 502 g/mol. The Hall–Kier alpha value is -3.79. The van der Waals surface area contributed by atoms with Crippen molar-refractivity contribution in [3.8, 4) is 0 Å². The Kier molecular flexibility index (Phi) is 7.42. The Balaban J connectivity index is 1.28. The highest BCUT2D eigenvalue weighted by Crippen LogP contribution is 2.26. The third-order valence-electron chi connectivity index (χ3n) is 7.01. The lowest BCUT2D eigenvalue weighted by Crippen LogP contribution is -2.43. The largest absolute Gasteiger partial charge is 0.331 e. The highest BCUT2D eigenvalue weighted by Gasteiger charge is 2.18. The molecule has 9 nitrogen and oxygen atoms in total. The maximum atomic E-state index is 13.3. The Labute approximate surface area is 226 Å². The fraction of sp³-hybridized carbons (Fsp3) is 0.286. The van der Waals surface area contributed by atoms with E-state index in [1.807, 2.05) is 43.3 Å². The minimum absolute atomic E-state index is 0.125. The number of hydrogen-bond donors (Lipinski definition) is 1. The van der Waals surface area contributed by atoms with Gasteiger partial charge in [0.05, 0.1) is 5.39 Å². The van der Waals surface area contributed by atoms with Crippen molar-refractivity contribution in [2.45, 2.75) is 13.5 Å². The summed E-state index contributed by atoms with van der Waals surface area (Å²) >= 11 is 6.12. The van der Waals surface area contributed by atoms with Crippen LogP contribution in [0.1, 0.15) is 21.5 Å². The number of anilines is 2. The molecule has 1 fully saturated rings. The van der Waals surface area contributed by atoms with Crippen LogP contribution < -0.4 is 10.2 Å². The van der Waals surface area contributed by atoms with E-state index < -0.39 is 0 Å². The molecule has 1 aliphatic heterocycles. The van der Waals surface area contributed by atoms with E-state index in [9.17, 15) is 9.59 Å². The molecule has 0 bridgehead atoms. The monoisotopic (exact) mass is 531 g/mol. The topological polar surface area (TPSA) is 86.6 Å². The lowest BCUT2D eigenvalue weighted by Gasteiger charge is -2.32. The molecule has 0 atom stereocenters. The van der Waals surface area contributed by atoms with Gasteiger partial charge in [-0.25, -0.2) is 14.8 Å². The molecule has 10 heteroatoms. The molecule has 3 heterocycles. The number of carbonyl (C=O) groups is 2. The number of aromatic nitrogens is 3. The SMILES string of the molecule is Cc1ccc(N(C)C(=O)c2ccc(CN3CCN(C)CC3)cc2)cc1NC(=O)n1ccc2c(Cl)ncnc21. The molecule has 2 amide bonds. The summed E-state index contributed by atoms with van der Waals surface area (Å²) < 4.78 is 1.38. The summed E-state index contributed by atoms with van der Waals surface area (Å²) in [6.45, 7) is 7.03. The van der Waals surface area contributed by atoms with Crippen LogP contribution in [0.25, 0.3) is 11.0 Å². The average molecular weight is 532 g/mol. The highest BCUT2D eigenvalue weighted by atomic mass is 35.5. The zero-order valence-corrected chi connectivity index (χ0v) is 22.4. The van der Waals surface area contributed by atoms with Gasteiger partial charge in [0.25, 0.3) is 5.91 Å². The van der Waals surface area contributed by atoms with Gasteiger partial charge in [0, 0.05) is 62.9 Å². The number of fused-ring (bicyclic) bond motifs is 1. The minimum atomic E-state index is -0.389. The van der Waals surface area contributed by atoms with Crippen LogP contribution >= 0.6 is 11.6 Å².